The van der Waals surface area contributed by atoms with Crippen molar-refractivity contribution < 1.29 is 0 Å². The fourth-order valence-electron chi connectivity index (χ4n) is 1.13. The number of hydrogen-bond acceptors (Lipinski definition) is 4. The van der Waals surface area contributed by atoms with Gasteiger partial charge in [-0.15, -0.1) is 0 Å². The SMILES string of the molecule is Cc1ccc(/C=C(/CSC#N)N=C=S)cc1. The first-order valence-corrected chi connectivity index (χ1v) is 6.01. The Balaban J connectivity index is 2.89. The molecule has 0 heterocycles. The molecule has 16 heavy (non-hydrogen) atoms. The number of aliphatic imine (C=N–C) groups is 1. The molecule has 0 saturated carbocycles. The van der Waals surface area contributed by atoms with Crippen LogP contribution in [0.5, 0.6) is 0 Å². The van der Waals surface area contributed by atoms with Gasteiger partial charge < -0.3 is 0 Å². The van der Waals surface area contributed by atoms with Crippen LogP contribution >= 0.6 is 24.0 Å². The van der Waals surface area contributed by atoms with Gasteiger partial charge in [0.05, 0.1) is 16.6 Å². The maximum atomic E-state index is 8.48. The third-order valence-electron chi connectivity index (χ3n) is 1.88. The van der Waals surface area contributed by atoms with Crippen LogP contribution < -0.4 is 0 Å². The minimum atomic E-state index is 0.522. The van der Waals surface area contributed by atoms with Crippen LogP contribution in [0.3, 0.4) is 0 Å². The number of hydrogen-bond donors (Lipinski definition) is 0. The number of thiocarbonyl (C=S) groups is 1. The summed E-state index contributed by atoms with van der Waals surface area (Å²) >= 11 is 5.70. The van der Waals surface area contributed by atoms with Crippen molar-refractivity contribution in [3.63, 3.8) is 0 Å². The van der Waals surface area contributed by atoms with Crippen LogP contribution in [-0.2, 0) is 0 Å². The Bertz CT molecular complexity index is 463. The van der Waals surface area contributed by atoms with E-state index in [0.29, 0.717) is 5.75 Å². The van der Waals surface area contributed by atoms with Gasteiger partial charge in [-0.1, -0.05) is 29.8 Å². The van der Waals surface area contributed by atoms with Crippen molar-refractivity contribution in [1.82, 2.24) is 0 Å². The van der Waals surface area contributed by atoms with Crippen molar-refractivity contribution in [3.05, 3.63) is 41.1 Å². The molecule has 80 valence electrons. The van der Waals surface area contributed by atoms with Gasteiger partial charge in [0.15, 0.2) is 0 Å². The van der Waals surface area contributed by atoms with Crippen LogP contribution in [0, 0.1) is 17.6 Å². The minimum Gasteiger partial charge on any atom is -0.198 e. The zero-order chi connectivity index (χ0) is 11.8. The van der Waals surface area contributed by atoms with Gasteiger partial charge in [0.2, 0.25) is 0 Å². The average molecular weight is 246 g/mol. The molecule has 0 aliphatic carbocycles. The second-order valence-corrected chi connectivity index (χ2v) is 4.07. The number of thioether (sulfide) groups is 1. The summed E-state index contributed by atoms with van der Waals surface area (Å²) < 4.78 is 0. The molecule has 0 radical (unpaired) electrons. The van der Waals surface area contributed by atoms with Gasteiger partial charge in [0.25, 0.3) is 0 Å². The monoisotopic (exact) mass is 246 g/mol. The lowest BCUT2D eigenvalue weighted by molar-refractivity contribution is 1.36. The van der Waals surface area contributed by atoms with Crippen molar-refractivity contribution in [3.8, 4) is 5.40 Å². The van der Waals surface area contributed by atoms with E-state index in [1.165, 1.54) is 5.56 Å². The lowest BCUT2D eigenvalue weighted by Gasteiger charge is -1.98. The van der Waals surface area contributed by atoms with Gasteiger partial charge in [-0.3, -0.25) is 0 Å². The molecule has 0 bridgehead atoms. The van der Waals surface area contributed by atoms with Crippen molar-refractivity contribution >= 4 is 35.2 Å². The van der Waals surface area contributed by atoms with E-state index in [-0.39, 0.29) is 0 Å². The lowest BCUT2D eigenvalue weighted by atomic mass is 10.1. The molecule has 0 saturated heterocycles. The van der Waals surface area contributed by atoms with E-state index in [2.05, 4.69) is 22.4 Å². The van der Waals surface area contributed by atoms with Gasteiger partial charge in [-0.05, 0) is 42.5 Å². The Hall–Kier alpha value is -1.40. The van der Waals surface area contributed by atoms with E-state index in [1.54, 1.807) is 0 Å². The Labute approximate surface area is 105 Å². The van der Waals surface area contributed by atoms with Crippen LogP contribution in [0.15, 0.2) is 35.0 Å². The summed E-state index contributed by atoms with van der Waals surface area (Å²) in [7, 11) is 0. The van der Waals surface area contributed by atoms with E-state index in [4.69, 9.17) is 5.26 Å². The summed E-state index contributed by atoms with van der Waals surface area (Å²) in [4.78, 5) is 3.93. The predicted octanol–water partition coefficient (Wildman–Crippen LogP) is 3.65. The fraction of sp³-hybridized carbons (Fsp3) is 0.167. The van der Waals surface area contributed by atoms with Crippen molar-refractivity contribution in [1.29, 1.82) is 5.26 Å². The van der Waals surface area contributed by atoms with E-state index in [1.807, 2.05) is 42.7 Å². The Morgan fingerprint density at radius 2 is 2.19 bits per heavy atom. The predicted molar refractivity (Wildman–Crippen MR) is 72.3 cm³/mol. The van der Waals surface area contributed by atoms with Crippen LogP contribution in [0.4, 0.5) is 0 Å². The number of aryl methyl sites for hydroxylation is 1. The normalized spacial score (nSPS) is 10.4. The third-order valence-corrected chi connectivity index (χ3v) is 2.54. The average Bonchev–Trinajstić information content (AvgIpc) is 2.29. The highest BCUT2D eigenvalue weighted by Crippen LogP contribution is 2.13. The van der Waals surface area contributed by atoms with Crippen LogP contribution in [-0.4, -0.2) is 10.9 Å². The highest BCUT2D eigenvalue weighted by atomic mass is 32.2. The molecule has 4 heteroatoms. The zero-order valence-electron chi connectivity index (χ0n) is 8.80. The molecule has 2 nitrogen and oxygen atoms in total. The quantitative estimate of drug-likeness (QED) is 0.462. The smallest absolute Gasteiger partial charge is 0.133 e. The highest BCUT2D eigenvalue weighted by molar-refractivity contribution is 8.03. The van der Waals surface area contributed by atoms with E-state index in [0.717, 1.165) is 23.0 Å². The van der Waals surface area contributed by atoms with Gasteiger partial charge in [0.1, 0.15) is 5.40 Å². The molecule has 0 atom stereocenters. The summed E-state index contributed by atoms with van der Waals surface area (Å²) in [6, 6.07) is 8.07. The molecular formula is C12H10N2S2. The number of nitrogens with zero attached hydrogens (tertiary/aromatic N) is 2. The first-order chi connectivity index (χ1) is 7.76. The molecule has 0 unspecified atom stereocenters. The molecule has 0 amide bonds. The summed E-state index contributed by atoms with van der Waals surface area (Å²) in [6.07, 6.45) is 1.91. The largest absolute Gasteiger partial charge is 0.198 e. The standard InChI is InChI=1S/C12H10N2S2/c1-10-2-4-11(5-3-10)6-12(14-9-15)7-16-8-13/h2-6H,7H2,1H3/b12-6-. The molecule has 0 aromatic heterocycles. The topological polar surface area (TPSA) is 36.1 Å². The number of rotatable bonds is 4. The maximum absolute atomic E-state index is 8.48. The third kappa shape index (κ3) is 4.41. The van der Waals surface area contributed by atoms with E-state index >= 15 is 0 Å². The number of thiocyanates is 1. The first-order valence-electron chi connectivity index (χ1n) is 4.62. The Morgan fingerprint density at radius 3 is 2.75 bits per heavy atom. The van der Waals surface area contributed by atoms with Gasteiger partial charge in [-0.2, -0.15) is 10.3 Å². The van der Waals surface area contributed by atoms with Crippen LogP contribution in [0.25, 0.3) is 6.08 Å². The molecule has 0 spiro atoms. The second-order valence-electron chi connectivity index (χ2n) is 3.13. The molecule has 0 aliphatic heterocycles. The van der Waals surface area contributed by atoms with E-state index in [9.17, 15) is 0 Å². The number of nitriles is 1. The molecule has 0 N–H and O–H groups in total. The number of benzene rings is 1. The molecule has 1 aromatic carbocycles. The van der Waals surface area contributed by atoms with Crippen molar-refractivity contribution in [2.45, 2.75) is 6.92 Å². The van der Waals surface area contributed by atoms with E-state index < -0.39 is 0 Å². The van der Waals surface area contributed by atoms with Gasteiger partial charge >= 0.3 is 0 Å². The molecular weight excluding hydrogens is 236 g/mol. The van der Waals surface area contributed by atoms with Crippen molar-refractivity contribution in [2.24, 2.45) is 4.99 Å². The minimum absolute atomic E-state index is 0.522. The van der Waals surface area contributed by atoms with Crippen molar-refractivity contribution in [2.75, 3.05) is 5.75 Å². The Morgan fingerprint density at radius 1 is 1.50 bits per heavy atom. The van der Waals surface area contributed by atoms with Gasteiger partial charge in [-0.25, -0.2) is 0 Å². The summed E-state index contributed by atoms with van der Waals surface area (Å²) in [5.74, 6) is 0.522. The zero-order valence-corrected chi connectivity index (χ0v) is 10.4. The maximum Gasteiger partial charge on any atom is 0.133 e. The summed E-state index contributed by atoms with van der Waals surface area (Å²) in [5, 5.41) is 12.8. The second kappa shape index (κ2) is 6.97. The molecule has 0 fully saturated rings. The first kappa shape index (κ1) is 12.7. The van der Waals surface area contributed by atoms with Crippen LogP contribution in [0.2, 0.25) is 0 Å². The molecule has 1 aromatic rings. The summed E-state index contributed by atoms with van der Waals surface area (Å²) in [5.41, 5.74) is 3.02. The molecule has 1 rings (SSSR count). The molecule has 0 aliphatic rings. The lowest BCUT2D eigenvalue weighted by Crippen LogP contribution is -1.83. The van der Waals surface area contributed by atoms with Gasteiger partial charge in [0, 0.05) is 0 Å². The highest BCUT2D eigenvalue weighted by Gasteiger charge is 1.96. The Kier molecular flexibility index (Phi) is 5.52. The summed E-state index contributed by atoms with van der Waals surface area (Å²) in [6.45, 7) is 2.04. The number of isothiocyanates is 1. The van der Waals surface area contributed by atoms with Crippen LogP contribution in [0.1, 0.15) is 11.1 Å². The fourth-order valence-corrected chi connectivity index (χ4v) is 1.60.